The minimum Gasteiger partial charge on any atom is -0.488 e. The van der Waals surface area contributed by atoms with Crippen LogP contribution < -0.4 is 10.5 Å². The lowest BCUT2D eigenvalue weighted by Gasteiger charge is -2.30. The predicted octanol–water partition coefficient (Wildman–Crippen LogP) is 6.54. The molecular formula is C27H27NO. The maximum absolute atomic E-state index is 6.56. The number of nitrogens with two attached hydrogens (primary N) is 1. The van der Waals surface area contributed by atoms with Crippen LogP contribution in [0.15, 0.2) is 72.8 Å². The molecule has 0 spiro atoms. The SMILES string of the molecule is CCC1Cc2c(ccc3c2cc(OCc2ccccc2)c2ccccc23)C(N)C1. The summed E-state index contributed by atoms with van der Waals surface area (Å²) in [6, 6.07) is 25.8. The van der Waals surface area contributed by atoms with Crippen molar-refractivity contribution < 1.29 is 4.74 Å². The van der Waals surface area contributed by atoms with Gasteiger partial charge in [-0.05, 0) is 57.7 Å². The van der Waals surface area contributed by atoms with Gasteiger partial charge in [0.25, 0.3) is 0 Å². The molecule has 0 heterocycles. The average Bonchev–Trinajstić information content (AvgIpc) is 2.78. The van der Waals surface area contributed by atoms with Crippen LogP contribution in [0.5, 0.6) is 5.75 Å². The van der Waals surface area contributed by atoms with Crippen LogP contribution >= 0.6 is 0 Å². The lowest BCUT2D eigenvalue weighted by Crippen LogP contribution is -2.24. The van der Waals surface area contributed by atoms with Gasteiger partial charge in [-0.3, -0.25) is 0 Å². The Kier molecular flexibility index (Phi) is 4.73. The highest BCUT2D eigenvalue weighted by molar-refractivity contribution is 6.11. The first-order valence-corrected chi connectivity index (χ1v) is 10.6. The van der Waals surface area contributed by atoms with Gasteiger partial charge in [-0.25, -0.2) is 0 Å². The summed E-state index contributed by atoms with van der Waals surface area (Å²) in [4.78, 5) is 0. The van der Waals surface area contributed by atoms with Crippen LogP contribution in [0.3, 0.4) is 0 Å². The molecule has 0 saturated carbocycles. The topological polar surface area (TPSA) is 35.2 Å². The van der Waals surface area contributed by atoms with Crippen LogP contribution in [0.2, 0.25) is 0 Å². The van der Waals surface area contributed by atoms with E-state index in [1.165, 1.54) is 44.7 Å². The normalized spacial score (nSPS) is 18.7. The predicted molar refractivity (Wildman–Crippen MR) is 121 cm³/mol. The first kappa shape index (κ1) is 18.2. The van der Waals surface area contributed by atoms with Crippen molar-refractivity contribution in [1.82, 2.24) is 0 Å². The second-order valence-corrected chi connectivity index (χ2v) is 8.24. The fraction of sp³-hybridized carbons (Fsp3) is 0.259. The standard InChI is InChI=1S/C27H27NO/c1-2-18-14-24-22(26(28)15-18)13-12-21-20-10-6-7-11-23(20)27(16-25(21)24)29-17-19-8-4-3-5-9-19/h3-13,16,18,26H,2,14-15,17,28H2,1H3. The number of fused-ring (bicyclic) bond motifs is 5. The Morgan fingerprint density at radius 1 is 0.862 bits per heavy atom. The van der Waals surface area contributed by atoms with Crippen molar-refractivity contribution in [3.8, 4) is 5.75 Å². The summed E-state index contributed by atoms with van der Waals surface area (Å²) >= 11 is 0. The van der Waals surface area contributed by atoms with Crippen LogP contribution in [-0.2, 0) is 13.0 Å². The van der Waals surface area contributed by atoms with E-state index < -0.39 is 0 Å². The van der Waals surface area contributed by atoms with E-state index in [2.05, 4.69) is 73.7 Å². The monoisotopic (exact) mass is 381 g/mol. The molecule has 146 valence electrons. The smallest absolute Gasteiger partial charge is 0.128 e. The highest BCUT2D eigenvalue weighted by Crippen LogP contribution is 2.41. The summed E-state index contributed by atoms with van der Waals surface area (Å²) in [5, 5.41) is 5.03. The van der Waals surface area contributed by atoms with Crippen LogP contribution in [0.4, 0.5) is 0 Å². The van der Waals surface area contributed by atoms with Crippen molar-refractivity contribution in [2.24, 2.45) is 11.7 Å². The van der Waals surface area contributed by atoms with Crippen molar-refractivity contribution in [2.75, 3.05) is 0 Å². The van der Waals surface area contributed by atoms with E-state index in [9.17, 15) is 0 Å². The zero-order valence-corrected chi connectivity index (χ0v) is 16.9. The van der Waals surface area contributed by atoms with E-state index in [-0.39, 0.29) is 6.04 Å². The minimum absolute atomic E-state index is 0.133. The van der Waals surface area contributed by atoms with E-state index >= 15 is 0 Å². The fourth-order valence-electron chi connectivity index (χ4n) is 4.82. The first-order valence-electron chi connectivity index (χ1n) is 10.6. The molecule has 0 radical (unpaired) electrons. The molecule has 2 N–H and O–H groups in total. The largest absolute Gasteiger partial charge is 0.488 e. The van der Waals surface area contributed by atoms with Gasteiger partial charge < -0.3 is 10.5 Å². The second kappa shape index (κ2) is 7.53. The van der Waals surface area contributed by atoms with Crippen molar-refractivity contribution in [1.29, 1.82) is 0 Å². The lowest BCUT2D eigenvalue weighted by molar-refractivity contribution is 0.310. The van der Waals surface area contributed by atoms with Gasteiger partial charge in [0.2, 0.25) is 0 Å². The number of benzene rings is 4. The van der Waals surface area contributed by atoms with E-state index in [0.29, 0.717) is 12.5 Å². The number of rotatable bonds is 4. The third kappa shape index (κ3) is 3.28. The molecule has 29 heavy (non-hydrogen) atoms. The summed E-state index contributed by atoms with van der Waals surface area (Å²) in [5.74, 6) is 1.61. The van der Waals surface area contributed by atoms with Crippen LogP contribution in [0.25, 0.3) is 21.5 Å². The van der Waals surface area contributed by atoms with Gasteiger partial charge in [0, 0.05) is 11.4 Å². The zero-order valence-electron chi connectivity index (χ0n) is 16.9. The zero-order chi connectivity index (χ0) is 19.8. The van der Waals surface area contributed by atoms with E-state index in [1.807, 2.05) is 6.07 Å². The van der Waals surface area contributed by atoms with Gasteiger partial charge in [0.1, 0.15) is 12.4 Å². The van der Waals surface area contributed by atoms with Gasteiger partial charge >= 0.3 is 0 Å². The average molecular weight is 382 g/mol. The molecule has 5 rings (SSSR count). The van der Waals surface area contributed by atoms with E-state index in [0.717, 1.165) is 18.6 Å². The molecule has 0 bridgehead atoms. The Bertz CT molecular complexity index is 1170. The number of hydrogen-bond acceptors (Lipinski definition) is 2. The van der Waals surface area contributed by atoms with Crippen molar-refractivity contribution >= 4 is 21.5 Å². The quantitative estimate of drug-likeness (QED) is 0.407. The fourth-order valence-corrected chi connectivity index (χ4v) is 4.82. The van der Waals surface area contributed by atoms with Crippen molar-refractivity contribution in [2.45, 2.75) is 38.8 Å². The minimum atomic E-state index is 0.133. The molecule has 1 aliphatic rings. The summed E-state index contributed by atoms with van der Waals surface area (Å²) < 4.78 is 6.35. The van der Waals surface area contributed by atoms with Gasteiger partial charge in [0.05, 0.1) is 0 Å². The van der Waals surface area contributed by atoms with E-state index in [1.54, 1.807) is 0 Å². The molecule has 0 aliphatic heterocycles. The van der Waals surface area contributed by atoms with E-state index in [4.69, 9.17) is 10.5 Å². The number of hydrogen-bond donors (Lipinski definition) is 1. The van der Waals surface area contributed by atoms with Crippen molar-refractivity contribution in [3.63, 3.8) is 0 Å². The molecule has 4 aromatic rings. The molecule has 2 unspecified atom stereocenters. The van der Waals surface area contributed by atoms with Gasteiger partial charge in [-0.1, -0.05) is 80.1 Å². The summed E-state index contributed by atoms with van der Waals surface area (Å²) in [6.07, 6.45) is 3.36. The van der Waals surface area contributed by atoms with Gasteiger partial charge in [-0.15, -0.1) is 0 Å². The van der Waals surface area contributed by atoms with Crippen LogP contribution in [0, 0.1) is 5.92 Å². The third-order valence-corrected chi connectivity index (χ3v) is 6.45. The maximum atomic E-state index is 6.56. The molecule has 2 atom stereocenters. The Labute approximate surface area is 172 Å². The molecular weight excluding hydrogens is 354 g/mol. The second-order valence-electron chi connectivity index (χ2n) is 8.24. The molecule has 2 nitrogen and oxygen atoms in total. The lowest BCUT2D eigenvalue weighted by atomic mass is 9.77. The Morgan fingerprint density at radius 3 is 2.38 bits per heavy atom. The van der Waals surface area contributed by atoms with Gasteiger partial charge in [0.15, 0.2) is 0 Å². The summed E-state index contributed by atoms with van der Waals surface area (Å²) in [6.45, 7) is 2.85. The molecule has 0 fully saturated rings. The Hall–Kier alpha value is -2.84. The third-order valence-electron chi connectivity index (χ3n) is 6.45. The molecule has 0 saturated heterocycles. The Balaban J connectivity index is 1.68. The summed E-state index contributed by atoms with van der Waals surface area (Å²) in [7, 11) is 0. The molecule has 0 aromatic heterocycles. The number of ether oxygens (including phenoxy) is 1. The molecule has 4 aromatic carbocycles. The Morgan fingerprint density at radius 2 is 1.59 bits per heavy atom. The molecule has 1 aliphatic carbocycles. The first-order chi connectivity index (χ1) is 14.2. The summed E-state index contributed by atoms with van der Waals surface area (Å²) in [5.41, 5.74) is 10.5. The van der Waals surface area contributed by atoms with Gasteiger partial charge in [-0.2, -0.15) is 0 Å². The maximum Gasteiger partial charge on any atom is 0.128 e. The highest BCUT2D eigenvalue weighted by Gasteiger charge is 2.25. The highest BCUT2D eigenvalue weighted by atomic mass is 16.5. The molecule has 2 heteroatoms. The van der Waals surface area contributed by atoms with Crippen LogP contribution in [-0.4, -0.2) is 0 Å². The molecule has 0 amide bonds. The van der Waals surface area contributed by atoms with Crippen molar-refractivity contribution in [3.05, 3.63) is 89.5 Å². The van der Waals surface area contributed by atoms with Crippen LogP contribution in [0.1, 0.15) is 42.5 Å².